The first-order chi connectivity index (χ1) is 14.5. The number of aryl methyl sites for hydroxylation is 2. The molecule has 2 aromatic heterocycles. The maximum absolute atomic E-state index is 13.2. The van der Waals surface area contributed by atoms with Gasteiger partial charge in [-0.2, -0.15) is 5.10 Å². The van der Waals surface area contributed by atoms with Crippen molar-refractivity contribution < 1.29 is 14.3 Å². The zero-order valence-electron chi connectivity index (χ0n) is 17.6. The summed E-state index contributed by atoms with van der Waals surface area (Å²) in [5, 5.41) is 4.66. The molecule has 3 aromatic rings. The Kier molecular flexibility index (Phi) is 5.53. The molecule has 1 aromatic carbocycles. The lowest BCUT2D eigenvalue weighted by Gasteiger charge is -2.31. The molecule has 1 aliphatic rings. The molecule has 7 nitrogen and oxygen atoms in total. The minimum absolute atomic E-state index is 0.0707. The van der Waals surface area contributed by atoms with Gasteiger partial charge in [0.25, 0.3) is 5.91 Å². The number of aromatic nitrogens is 3. The summed E-state index contributed by atoms with van der Waals surface area (Å²) in [5.41, 5.74) is 4.96. The quantitative estimate of drug-likeness (QED) is 0.621. The molecule has 0 aliphatic carbocycles. The Bertz CT molecular complexity index is 1080. The summed E-state index contributed by atoms with van der Waals surface area (Å²) in [6.07, 6.45) is 2.90. The van der Waals surface area contributed by atoms with Crippen molar-refractivity contribution >= 4 is 17.5 Å². The van der Waals surface area contributed by atoms with Crippen molar-refractivity contribution in [2.45, 2.75) is 33.6 Å². The minimum Gasteiger partial charge on any atom is -0.466 e. The maximum atomic E-state index is 13.2. The predicted molar refractivity (Wildman–Crippen MR) is 113 cm³/mol. The van der Waals surface area contributed by atoms with Crippen LogP contribution in [-0.2, 0) is 9.53 Å². The third-order valence-electron chi connectivity index (χ3n) is 5.75. The van der Waals surface area contributed by atoms with Gasteiger partial charge in [-0.1, -0.05) is 30.3 Å². The molecule has 7 heteroatoms. The largest absolute Gasteiger partial charge is 0.466 e. The summed E-state index contributed by atoms with van der Waals surface area (Å²) in [4.78, 5) is 31.5. The van der Waals surface area contributed by atoms with Crippen molar-refractivity contribution in [1.29, 1.82) is 0 Å². The summed E-state index contributed by atoms with van der Waals surface area (Å²) >= 11 is 0. The van der Waals surface area contributed by atoms with Crippen molar-refractivity contribution in [3.63, 3.8) is 0 Å². The lowest BCUT2D eigenvalue weighted by atomic mass is 9.96. The van der Waals surface area contributed by atoms with Gasteiger partial charge < -0.3 is 9.64 Å². The van der Waals surface area contributed by atoms with Gasteiger partial charge in [-0.15, -0.1) is 0 Å². The van der Waals surface area contributed by atoms with E-state index >= 15 is 0 Å². The fourth-order valence-electron chi connectivity index (χ4n) is 4.10. The Balaban J connectivity index is 1.59. The molecule has 0 radical (unpaired) electrons. The summed E-state index contributed by atoms with van der Waals surface area (Å²) in [7, 11) is 0. The van der Waals surface area contributed by atoms with Crippen LogP contribution in [0.3, 0.4) is 0 Å². The van der Waals surface area contributed by atoms with Crippen molar-refractivity contribution in [2.75, 3.05) is 19.7 Å². The summed E-state index contributed by atoms with van der Waals surface area (Å²) in [6.45, 7) is 7.12. The van der Waals surface area contributed by atoms with Crippen molar-refractivity contribution in [3.05, 3.63) is 53.5 Å². The number of hydrogen-bond acceptors (Lipinski definition) is 5. The van der Waals surface area contributed by atoms with E-state index in [1.165, 1.54) is 0 Å². The zero-order chi connectivity index (χ0) is 21.3. The number of carbonyl (C=O) groups is 2. The van der Waals surface area contributed by atoms with Crippen LogP contribution in [0.4, 0.5) is 0 Å². The van der Waals surface area contributed by atoms with Crippen LogP contribution in [0.5, 0.6) is 0 Å². The van der Waals surface area contributed by atoms with E-state index in [0.29, 0.717) is 38.1 Å². The second-order valence-electron chi connectivity index (χ2n) is 7.64. The lowest BCUT2D eigenvalue weighted by molar-refractivity contribution is -0.149. The zero-order valence-corrected chi connectivity index (χ0v) is 17.6. The van der Waals surface area contributed by atoms with Crippen LogP contribution in [0.25, 0.3) is 16.8 Å². The molecule has 1 fully saturated rings. The fourth-order valence-corrected chi connectivity index (χ4v) is 4.10. The van der Waals surface area contributed by atoms with Crippen LogP contribution in [0.2, 0.25) is 0 Å². The number of hydrogen-bond donors (Lipinski definition) is 0. The summed E-state index contributed by atoms with van der Waals surface area (Å²) in [5.74, 6) is -0.360. The Morgan fingerprint density at radius 3 is 2.50 bits per heavy atom. The summed E-state index contributed by atoms with van der Waals surface area (Å²) < 4.78 is 6.88. The Labute approximate surface area is 175 Å². The van der Waals surface area contributed by atoms with Gasteiger partial charge in [0.15, 0.2) is 5.65 Å². The van der Waals surface area contributed by atoms with E-state index in [1.54, 1.807) is 15.6 Å². The summed E-state index contributed by atoms with van der Waals surface area (Å²) in [6, 6.07) is 10.0. The second-order valence-corrected chi connectivity index (χ2v) is 7.64. The minimum atomic E-state index is -0.163. The van der Waals surface area contributed by atoms with Crippen LogP contribution in [0.1, 0.15) is 41.5 Å². The van der Waals surface area contributed by atoms with Crippen LogP contribution in [0.15, 0.2) is 36.5 Å². The number of fused-ring (bicyclic) bond motifs is 1. The smallest absolute Gasteiger partial charge is 0.309 e. The highest BCUT2D eigenvalue weighted by Crippen LogP contribution is 2.28. The highest BCUT2D eigenvalue weighted by Gasteiger charge is 2.30. The molecule has 1 aliphatic heterocycles. The highest BCUT2D eigenvalue weighted by molar-refractivity contribution is 5.96. The molecular formula is C23H26N4O3. The van der Waals surface area contributed by atoms with E-state index in [2.05, 4.69) is 10.1 Å². The maximum Gasteiger partial charge on any atom is 0.309 e. The van der Waals surface area contributed by atoms with E-state index in [9.17, 15) is 9.59 Å². The van der Waals surface area contributed by atoms with E-state index < -0.39 is 0 Å². The van der Waals surface area contributed by atoms with Crippen molar-refractivity contribution in [1.82, 2.24) is 19.5 Å². The van der Waals surface area contributed by atoms with Gasteiger partial charge in [0.2, 0.25) is 0 Å². The second kappa shape index (κ2) is 8.26. The van der Waals surface area contributed by atoms with E-state index in [4.69, 9.17) is 4.74 Å². The van der Waals surface area contributed by atoms with Gasteiger partial charge in [-0.05, 0) is 39.2 Å². The average Bonchev–Trinajstić information content (AvgIpc) is 3.11. The molecule has 0 atom stereocenters. The van der Waals surface area contributed by atoms with Gasteiger partial charge in [0, 0.05) is 24.8 Å². The van der Waals surface area contributed by atoms with E-state index in [1.807, 2.05) is 51.1 Å². The first-order valence-electron chi connectivity index (χ1n) is 10.4. The van der Waals surface area contributed by atoms with Gasteiger partial charge in [0.1, 0.15) is 0 Å². The number of esters is 1. The number of nitrogens with zero attached hydrogens (tertiary/aromatic N) is 4. The van der Waals surface area contributed by atoms with E-state index in [-0.39, 0.29) is 17.8 Å². The van der Waals surface area contributed by atoms with Gasteiger partial charge in [-0.25, -0.2) is 9.50 Å². The van der Waals surface area contributed by atoms with Gasteiger partial charge >= 0.3 is 5.97 Å². The third kappa shape index (κ3) is 3.56. The Hall–Kier alpha value is -3.22. The number of rotatable bonds is 4. The molecule has 1 saturated heterocycles. The fraction of sp³-hybridized carbons (Fsp3) is 0.391. The molecule has 0 bridgehead atoms. The number of likely N-dealkylation sites (tertiary alicyclic amines) is 1. The van der Waals surface area contributed by atoms with Crippen LogP contribution >= 0.6 is 0 Å². The lowest BCUT2D eigenvalue weighted by Crippen LogP contribution is -2.41. The number of ether oxygens (including phenoxy) is 1. The molecule has 0 unspecified atom stereocenters. The SMILES string of the molecule is CCOC(=O)C1CCN(C(=O)c2cnc3c(-c4ccccc4)c(C)nn3c2C)CC1. The molecule has 156 valence electrons. The van der Waals surface area contributed by atoms with Crippen LogP contribution in [0, 0.1) is 19.8 Å². The number of carbonyl (C=O) groups excluding carboxylic acids is 2. The number of amides is 1. The molecule has 1 amide bonds. The molecule has 3 heterocycles. The molecule has 30 heavy (non-hydrogen) atoms. The number of benzene rings is 1. The highest BCUT2D eigenvalue weighted by atomic mass is 16.5. The first kappa shape index (κ1) is 20.1. The topological polar surface area (TPSA) is 76.8 Å². The monoisotopic (exact) mass is 406 g/mol. The third-order valence-corrected chi connectivity index (χ3v) is 5.75. The Morgan fingerprint density at radius 1 is 1.13 bits per heavy atom. The molecular weight excluding hydrogens is 380 g/mol. The first-order valence-corrected chi connectivity index (χ1v) is 10.4. The van der Waals surface area contributed by atoms with Crippen LogP contribution in [-0.4, -0.2) is 51.1 Å². The Morgan fingerprint density at radius 2 is 1.83 bits per heavy atom. The normalized spacial score (nSPS) is 14.8. The molecule has 0 spiro atoms. The van der Waals surface area contributed by atoms with Gasteiger partial charge in [0.05, 0.1) is 29.5 Å². The van der Waals surface area contributed by atoms with Crippen molar-refractivity contribution in [3.8, 4) is 11.1 Å². The molecule has 4 rings (SSSR count). The van der Waals surface area contributed by atoms with E-state index in [0.717, 1.165) is 28.2 Å². The standard InChI is InChI=1S/C23H26N4O3/c1-4-30-23(29)18-10-12-26(13-11-18)22(28)19-14-24-21-20(17-8-6-5-7-9-17)15(2)25-27(21)16(19)3/h5-9,14,18H,4,10-13H2,1-3H3. The molecule has 0 N–H and O–H groups in total. The molecule has 0 saturated carbocycles. The van der Waals surface area contributed by atoms with Gasteiger partial charge in [-0.3, -0.25) is 9.59 Å². The predicted octanol–water partition coefficient (Wildman–Crippen LogP) is 3.43. The average molecular weight is 406 g/mol. The van der Waals surface area contributed by atoms with Crippen molar-refractivity contribution in [2.24, 2.45) is 5.92 Å². The van der Waals surface area contributed by atoms with Crippen LogP contribution < -0.4 is 0 Å². The number of piperidine rings is 1.